The highest BCUT2D eigenvalue weighted by Gasteiger charge is 2.25. The molecule has 0 atom stereocenters. The van der Waals surface area contributed by atoms with E-state index in [2.05, 4.69) is 17.0 Å². The second-order valence-corrected chi connectivity index (χ2v) is 7.12. The van der Waals surface area contributed by atoms with Gasteiger partial charge in [0.2, 0.25) is 0 Å². The van der Waals surface area contributed by atoms with Gasteiger partial charge in [-0.1, -0.05) is 35.9 Å². The number of carbonyl (C=O) groups excluding carboxylic acids is 1. The van der Waals surface area contributed by atoms with Crippen LogP contribution in [0, 0.1) is 11.3 Å². The molecule has 27 heavy (non-hydrogen) atoms. The van der Waals surface area contributed by atoms with E-state index in [0.717, 1.165) is 42.6 Å². The second-order valence-electron chi connectivity index (χ2n) is 6.68. The van der Waals surface area contributed by atoms with Crippen molar-refractivity contribution in [1.29, 1.82) is 5.26 Å². The van der Waals surface area contributed by atoms with Crippen molar-refractivity contribution in [2.24, 2.45) is 0 Å². The average Bonchev–Trinajstić information content (AvgIpc) is 2.70. The lowest BCUT2D eigenvalue weighted by molar-refractivity contribution is -0.892. The highest BCUT2D eigenvalue weighted by molar-refractivity contribution is 6.30. The predicted molar refractivity (Wildman–Crippen MR) is 108 cm³/mol. The molecule has 5 nitrogen and oxygen atoms in total. The van der Waals surface area contributed by atoms with Crippen molar-refractivity contribution in [3.63, 3.8) is 0 Å². The van der Waals surface area contributed by atoms with Gasteiger partial charge in [-0.2, -0.15) is 5.26 Å². The van der Waals surface area contributed by atoms with Crippen molar-refractivity contribution in [3.05, 3.63) is 59.6 Å². The highest BCUT2D eigenvalue weighted by Crippen LogP contribution is 2.19. The molecule has 1 saturated heterocycles. The van der Waals surface area contributed by atoms with Gasteiger partial charge >= 0.3 is 0 Å². The van der Waals surface area contributed by atoms with Crippen molar-refractivity contribution in [2.45, 2.75) is 6.42 Å². The molecule has 0 aromatic heterocycles. The number of amides is 1. The Balaban J connectivity index is 1.58. The number of anilines is 2. The molecule has 1 aliphatic heterocycles. The van der Waals surface area contributed by atoms with Crippen LogP contribution < -0.4 is 14.7 Å². The summed E-state index contributed by atoms with van der Waals surface area (Å²) in [6, 6.07) is 19.6. The highest BCUT2D eigenvalue weighted by atomic mass is 35.5. The minimum Gasteiger partial charge on any atom is -0.360 e. The van der Waals surface area contributed by atoms with Gasteiger partial charge in [0.15, 0.2) is 6.54 Å². The lowest BCUT2D eigenvalue weighted by Crippen LogP contribution is -3.16. The smallest absolute Gasteiger partial charge is 0.282 e. The minimum atomic E-state index is 0.0719. The molecule has 0 bridgehead atoms. The van der Waals surface area contributed by atoms with E-state index in [0.29, 0.717) is 19.5 Å². The topological polar surface area (TPSA) is 51.8 Å². The number of benzene rings is 2. The van der Waals surface area contributed by atoms with Gasteiger partial charge < -0.3 is 14.7 Å². The molecule has 1 heterocycles. The molecular formula is C21H24ClN4O+. The first-order valence-electron chi connectivity index (χ1n) is 9.24. The summed E-state index contributed by atoms with van der Waals surface area (Å²) < 4.78 is 0. The van der Waals surface area contributed by atoms with E-state index < -0.39 is 0 Å². The Morgan fingerprint density at radius 1 is 1.15 bits per heavy atom. The molecule has 0 unspecified atom stereocenters. The molecule has 2 aromatic rings. The monoisotopic (exact) mass is 383 g/mol. The van der Waals surface area contributed by atoms with E-state index >= 15 is 0 Å². The van der Waals surface area contributed by atoms with Crippen molar-refractivity contribution in [3.8, 4) is 6.07 Å². The number of para-hydroxylation sites is 1. The fourth-order valence-electron chi connectivity index (χ4n) is 3.41. The van der Waals surface area contributed by atoms with Crippen LogP contribution in [0.15, 0.2) is 54.6 Å². The number of nitriles is 1. The van der Waals surface area contributed by atoms with Crippen LogP contribution in [-0.2, 0) is 4.79 Å². The maximum absolute atomic E-state index is 12.9. The summed E-state index contributed by atoms with van der Waals surface area (Å²) in [7, 11) is 0. The number of piperazine rings is 1. The number of nitrogens with one attached hydrogen (secondary N) is 1. The van der Waals surface area contributed by atoms with E-state index in [4.69, 9.17) is 16.9 Å². The summed E-state index contributed by atoms with van der Waals surface area (Å²) in [6.45, 7) is 4.47. The molecule has 2 aromatic carbocycles. The number of hydrogen-bond acceptors (Lipinski definition) is 3. The first kappa shape index (κ1) is 19.2. The van der Waals surface area contributed by atoms with Crippen molar-refractivity contribution in [2.75, 3.05) is 49.1 Å². The average molecular weight is 384 g/mol. The summed E-state index contributed by atoms with van der Waals surface area (Å²) in [6.07, 6.45) is 0.332. The first-order valence-corrected chi connectivity index (χ1v) is 9.61. The van der Waals surface area contributed by atoms with Crippen molar-refractivity contribution >= 4 is 28.9 Å². The third kappa shape index (κ3) is 5.22. The number of halogens is 1. The maximum atomic E-state index is 12.9. The number of nitrogens with zero attached hydrogens (tertiary/aromatic N) is 3. The van der Waals surface area contributed by atoms with Crippen LogP contribution in [0.3, 0.4) is 0 Å². The zero-order chi connectivity index (χ0) is 19.1. The third-order valence-electron chi connectivity index (χ3n) is 4.86. The van der Waals surface area contributed by atoms with Gasteiger partial charge in [0.1, 0.15) is 0 Å². The molecule has 1 N–H and O–H groups in total. The molecule has 3 rings (SSSR count). The fraction of sp³-hybridized carbons (Fsp3) is 0.333. The Bertz CT molecular complexity index is 797. The lowest BCUT2D eigenvalue weighted by Gasteiger charge is -2.34. The van der Waals surface area contributed by atoms with E-state index in [-0.39, 0.29) is 5.91 Å². The summed E-state index contributed by atoms with van der Waals surface area (Å²) in [5.41, 5.74) is 1.99. The van der Waals surface area contributed by atoms with Gasteiger partial charge in [-0.15, -0.1) is 0 Å². The predicted octanol–water partition coefficient (Wildman–Crippen LogP) is 1.99. The van der Waals surface area contributed by atoms with Crippen LogP contribution in [0.5, 0.6) is 0 Å². The summed E-state index contributed by atoms with van der Waals surface area (Å²) >= 11 is 6.09. The van der Waals surface area contributed by atoms with Crippen LogP contribution in [0.1, 0.15) is 6.42 Å². The number of carbonyl (C=O) groups is 1. The zero-order valence-corrected chi connectivity index (χ0v) is 16.0. The third-order valence-corrected chi connectivity index (χ3v) is 5.10. The van der Waals surface area contributed by atoms with Gasteiger partial charge in [-0.25, -0.2) is 0 Å². The van der Waals surface area contributed by atoms with Gasteiger partial charge in [-0.05, 0) is 30.3 Å². The number of rotatable bonds is 6. The van der Waals surface area contributed by atoms with Crippen LogP contribution >= 0.6 is 11.6 Å². The summed E-state index contributed by atoms with van der Waals surface area (Å²) in [5, 5.41) is 9.66. The Kier molecular flexibility index (Phi) is 6.69. The maximum Gasteiger partial charge on any atom is 0.282 e. The Morgan fingerprint density at radius 2 is 1.89 bits per heavy atom. The largest absolute Gasteiger partial charge is 0.360 e. The molecule has 0 saturated carbocycles. The molecule has 0 spiro atoms. The molecule has 1 amide bonds. The summed E-state index contributed by atoms with van der Waals surface area (Å²) in [4.78, 5) is 18.2. The molecule has 1 aliphatic rings. The zero-order valence-electron chi connectivity index (χ0n) is 15.3. The fourth-order valence-corrected chi connectivity index (χ4v) is 3.59. The van der Waals surface area contributed by atoms with Crippen LogP contribution in [0.4, 0.5) is 11.4 Å². The molecular weight excluding hydrogens is 360 g/mol. The van der Waals surface area contributed by atoms with Crippen molar-refractivity contribution < 1.29 is 9.69 Å². The molecule has 0 aliphatic carbocycles. The first-order chi connectivity index (χ1) is 13.2. The van der Waals surface area contributed by atoms with Crippen LogP contribution in [0.25, 0.3) is 0 Å². The van der Waals surface area contributed by atoms with E-state index in [9.17, 15) is 4.79 Å². The Labute approximate surface area is 165 Å². The standard InChI is InChI=1S/C21H23ClN4O/c22-18-6-4-9-20(16-18)25-14-12-24(13-15-25)17-21(27)26(11-5-10-23)19-7-2-1-3-8-19/h1-4,6-9,16H,5,11-15,17H2/p+1. The summed E-state index contributed by atoms with van der Waals surface area (Å²) in [5.74, 6) is 0.0719. The van der Waals surface area contributed by atoms with Gasteiger partial charge in [-0.3, -0.25) is 4.79 Å². The lowest BCUT2D eigenvalue weighted by atomic mass is 10.2. The number of hydrogen-bond donors (Lipinski definition) is 1. The SMILES string of the molecule is N#CCCN(C(=O)C[NH+]1CCN(c2cccc(Cl)c2)CC1)c1ccccc1. The molecule has 140 valence electrons. The van der Waals surface area contributed by atoms with Gasteiger partial charge in [0.25, 0.3) is 5.91 Å². The normalized spacial score (nSPS) is 14.6. The van der Waals surface area contributed by atoms with Crippen LogP contribution in [0.2, 0.25) is 5.02 Å². The Morgan fingerprint density at radius 3 is 2.56 bits per heavy atom. The van der Waals surface area contributed by atoms with Crippen LogP contribution in [-0.4, -0.2) is 45.2 Å². The van der Waals surface area contributed by atoms with E-state index in [1.807, 2.05) is 48.5 Å². The Hall–Kier alpha value is -2.55. The minimum absolute atomic E-state index is 0.0719. The van der Waals surface area contributed by atoms with Crippen molar-refractivity contribution in [1.82, 2.24) is 0 Å². The van der Waals surface area contributed by atoms with Gasteiger partial charge in [0, 0.05) is 22.9 Å². The molecule has 1 fully saturated rings. The molecule has 0 radical (unpaired) electrons. The van der Waals surface area contributed by atoms with E-state index in [1.165, 1.54) is 4.90 Å². The quantitative estimate of drug-likeness (QED) is 0.830. The molecule has 6 heteroatoms. The van der Waals surface area contributed by atoms with Gasteiger partial charge in [0.05, 0.1) is 38.7 Å². The second kappa shape index (κ2) is 9.40. The van der Waals surface area contributed by atoms with E-state index in [1.54, 1.807) is 4.90 Å². The number of quaternary nitrogens is 1.